The van der Waals surface area contributed by atoms with Crippen molar-refractivity contribution in [3.05, 3.63) is 12.7 Å². The van der Waals surface area contributed by atoms with E-state index >= 15 is 0 Å². The monoisotopic (exact) mass is 318 g/mol. The van der Waals surface area contributed by atoms with E-state index < -0.39 is 0 Å². The van der Waals surface area contributed by atoms with Gasteiger partial charge in [-0.05, 0) is 19.8 Å². The molecule has 2 aromatic rings. The first-order chi connectivity index (χ1) is 11.2. The largest absolute Gasteiger partial charge is 0.377 e. The molecule has 3 heterocycles. The number of piperidine rings is 1. The van der Waals surface area contributed by atoms with Gasteiger partial charge in [-0.25, -0.2) is 15.0 Å². The van der Waals surface area contributed by atoms with E-state index in [9.17, 15) is 4.79 Å². The Kier molecular flexibility index (Phi) is 4.71. The van der Waals surface area contributed by atoms with Crippen molar-refractivity contribution in [1.82, 2.24) is 24.8 Å². The number of carbonyl (C=O) groups excluding carboxylic acids is 1. The van der Waals surface area contributed by atoms with Crippen LogP contribution in [0.5, 0.6) is 0 Å². The third-order valence-electron chi connectivity index (χ3n) is 4.07. The highest BCUT2D eigenvalue weighted by molar-refractivity contribution is 5.87. The van der Waals surface area contributed by atoms with E-state index in [1.165, 1.54) is 6.33 Å². The summed E-state index contributed by atoms with van der Waals surface area (Å²) in [5.41, 5.74) is 1.34. The van der Waals surface area contributed by atoms with Crippen LogP contribution in [0.15, 0.2) is 12.7 Å². The van der Waals surface area contributed by atoms with E-state index in [4.69, 9.17) is 4.74 Å². The molecule has 0 aromatic carbocycles. The molecule has 1 fully saturated rings. The number of H-pyrrole nitrogens is 1. The summed E-state index contributed by atoms with van der Waals surface area (Å²) in [5, 5.41) is 0. The number of hydrogen-bond donors (Lipinski definition) is 1. The number of nitrogens with zero attached hydrogens (tertiary/aromatic N) is 5. The van der Waals surface area contributed by atoms with E-state index in [2.05, 4.69) is 19.9 Å². The van der Waals surface area contributed by atoms with Crippen molar-refractivity contribution in [2.45, 2.75) is 25.9 Å². The number of likely N-dealkylation sites (N-methyl/N-ethyl adjacent to an activating group) is 1. The summed E-state index contributed by atoms with van der Waals surface area (Å²) in [7, 11) is 1.85. The van der Waals surface area contributed by atoms with Crippen LogP contribution in [0.2, 0.25) is 0 Å². The first-order valence-electron chi connectivity index (χ1n) is 7.93. The average Bonchev–Trinajstić information content (AvgIpc) is 3.03. The van der Waals surface area contributed by atoms with Gasteiger partial charge in [0, 0.05) is 26.7 Å². The van der Waals surface area contributed by atoms with Gasteiger partial charge in [-0.2, -0.15) is 0 Å². The number of anilines is 1. The number of aromatic amines is 1. The fourth-order valence-electron chi connectivity index (χ4n) is 2.96. The van der Waals surface area contributed by atoms with Crippen LogP contribution < -0.4 is 4.90 Å². The van der Waals surface area contributed by atoms with Crippen molar-refractivity contribution in [2.75, 3.05) is 38.2 Å². The van der Waals surface area contributed by atoms with Crippen molar-refractivity contribution in [1.29, 1.82) is 0 Å². The third-order valence-corrected chi connectivity index (χ3v) is 4.07. The lowest BCUT2D eigenvalue weighted by molar-refractivity contribution is -0.133. The zero-order valence-electron chi connectivity index (χ0n) is 13.5. The minimum atomic E-state index is 0.0863. The van der Waals surface area contributed by atoms with Gasteiger partial charge in [-0.15, -0.1) is 0 Å². The molecule has 8 heteroatoms. The maximum Gasteiger partial charge on any atom is 0.242 e. The Bertz CT molecular complexity index is 671. The van der Waals surface area contributed by atoms with E-state index in [0.29, 0.717) is 24.6 Å². The van der Waals surface area contributed by atoms with Crippen molar-refractivity contribution >= 4 is 22.9 Å². The van der Waals surface area contributed by atoms with Gasteiger partial charge in [-0.1, -0.05) is 0 Å². The molecule has 124 valence electrons. The fourth-order valence-corrected chi connectivity index (χ4v) is 2.96. The standard InChI is InChI=1S/C15H22N6O2/c1-3-23-11-5-4-6-21(7-11)12(22)8-20(2)15-13-14(17-9-16-13)18-10-19-15/h9-11H,3-8H2,1-2H3,(H,16,17,18,19). The molecule has 8 nitrogen and oxygen atoms in total. The van der Waals surface area contributed by atoms with Gasteiger partial charge >= 0.3 is 0 Å². The summed E-state index contributed by atoms with van der Waals surface area (Å²) >= 11 is 0. The summed E-state index contributed by atoms with van der Waals surface area (Å²) in [6, 6.07) is 0. The molecule has 0 bridgehead atoms. The molecular formula is C15H22N6O2. The van der Waals surface area contributed by atoms with Crippen LogP contribution in [0.3, 0.4) is 0 Å². The molecule has 1 atom stereocenters. The first kappa shape index (κ1) is 15.7. The summed E-state index contributed by atoms with van der Waals surface area (Å²) in [4.78, 5) is 31.8. The Balaban J connectivity index is 1.66. The number of hydrogen-bond acceptors (Lipinski definition) is 6. The van der Waals surface area contributed by atoms with Crippen LogP contribution in [0, 0.1) is 0 Å². The van der Waals surface area contributed by atoms with Crippen LogP contribution in [0.4, 0.5) is 5.82 Å². The molecule has 1 unspecified atom stereocenters. The lowest BCUT2D eigenvalue weighted by Crippen LogP contribution is -2.46. The molecule has 0 radical (unpaired) electrons. The number of amides is 1. The Labute approximate surface area is 134 Å². The van der Waals surface area contributed by atoms with Crippen molar-refractivity contribution < 1.29 is 9.53 Å². The fraction of sp³-hybridized carbons (Fsp3) is 0.600. The smallest absolute Gasteiger partial charge is 0.242 e. The topological polar surface area (TPSA) is 87.2 Å². The van der Waals surface area contributed by atoms with Gasteiger partial charge in [0.15, 0.2) is 11.5 Å². The van der Waals surface area contributed by atoms with Crippen LogP contribution in [-0.4, -0.2) is 70.1 Å². The molecule has 1 amide bonds. The van der Waals surface area contributed by atoms with E-state index in [1.807, 2.05) is 23.8 Å². The number of likely N-dealkylation sites (tertiary alicyclic amines) is 1. The molecule has 1 aliphatic rings. The summed E-state index contributed by atoms with van der Waals surface area (Å²) in [6.45, 7) is 4.40. The average molecular weight is 318 g/mol. The number of imidazole rings is 1. The Morgan fingerprint density at radius 1 is 1.48 bits per heavy atom. The summed E-state index contributed by atoms with van der Waals surface area (Å²) in [5.74, 6) is 0.766. The predicted molar refractivity (Wildman–Crippen MR) is 86.2 cm³/mol. The minimum absolute atomic E-state index is 0.0863. The van der Waals surface area contributed by atoms with Gasteiger partial charge in [0.25, 0.3) is 0 Å². The number of carbonyl (C=O) groups is 1. The van der Waals surface area contributed by atoms with E-state index in [0.717, 1.165) is 24.9 Å². The van der Waals surface area contributed by atoms with Gasteiger partial charge < -0.3 is 19.5 Å². The van der Waals surface area contributed by atoms with Crippen molar-refractivity contribution in [3.63, 3.8) is 0 Å². The van der Waals surface area contributed by atoms with Crippen LogP contribution in [-0.2, 0) is 9.53 Å². The molecular weight excluding hydrogens is 296 g/mol. The SMILES string of the molecule is CCOC1CCCN(C(=O)CN(C)c2ncnc3nc[nH]c23)C1. The third kappa shape index (κ3) is 3.42. The highest BCUT2D eigenvalue weighted by Crippen LogP contribution is 2.19. The molecule has 23 heavy (non-hydrogen) atoms. The second-order valence-corrected chi connectivity index (χ2v) is 5.71. The molecule has 0 saturated carbocycles. The molecule has 0 spiro atoms. The normalized spacial score (nSPS) is 18.3. The maximum absolute atomic E-state index is 12.6. The van der Waals surface area contributed by atoms with Crippen LogP contribution >= 0.6 is 0 Å². The summed E-state index contributed by atoms with van der Waals surface area (Å²) in [6.07, 6.45) is 5.20. The van der Waals surface area contributed by atoms with Gasteiger partial charge in [0.05, 0.1) is 19.0 Å². The number of nitrogens with one attached hydrogen (secondary N) is 1. The van der Waals surface area contributed by atoms with E-state index in [-0.39, 0.29) is 18.6 Å². The zero-order valence-corrected chi connectivity index (χ0v) is 13.5. The number of ether oxygens (including phenoxy) is 1. The quantitative estimate of drug-likeness (QED) is 0.878. The van der Waals surface area contributed by atoms with Crippen molar-refractivity contribution in [2.24, 2.45) is 0 Å². The zero-order chi connectivity index (χ0) is 16.2. The first-order valence-corrected chi connectivity index (χ1v) is 7.93. The van der Waals surface area contributed by atoms with Gasteiger partial charge in [0.2, 0.25) is 5.91 Å². The lowest BCUT2D eigenvalue weighted by atomic mass is 10.1. The second-order valence-electron chi connectivity index (χ2n) is 5.71. The minimum Gasteiger partial charge on any atom is -0.377 e. The second kappa shape index (κ2) is 6.91. The van der Waals surface area contributed by atoms with E-state index in [1.54, 1.807) is 6.33 Å². The predicted octanol–water partition coefficient (Wildman–Crippen LogP) is 0.817. The van der Waals surface area contributed by atoms with Crippen molar-refractivity contribution in [3.8, 4) is 0 Å². The lowest BCUT2D eigenvalue weighted by Gasteiger charge is -2.33. The van der Waals surface area contributed by atoms with Crippen LogP contribution in [0.25, 0.3) is 11.2 Å². The Hall–Kier alpha value is -2.22. The molecule has 1 saturated heterocycles. The Morgan fingerprint density at radius 2 is 2.35 bits per heavy atom. The van der Waals surface area contributed by atoms with Crippen LogP contribution in [0.1, 0.15) is 19.8 Å². The summed E-state index contributed by atoms with van der Waals surface area (Å²) < 4.78 is 5.66. The van der Waals surface area contributed by atoms with Gasteiger partial charge in [0.1, 0.15) is 11.8 Å². The maximum atomic E-state index is 12.6. The molecule has 1 N–H and O–H groups in total. The molecule has 3 rings (SSSR count). The highest BCUT2D eigenvalue weighted by Gasteiger charge is 2.25. The van der Waals surface area contributed by atoms with Gasteiger partial charge in [-0.3, -0.25) is 4.79 Å². The molecule has 1 aliphatic heterocycles. The number of rotatable bonds is 5. The Morgan fingerprint density at radius 3 is 3.17 bits per heavy atom. The number of aromatic nitrogens is 4. The molecule has 2 aromatic heterocycles. The molecule has 0 aliphatic carbocycles. The number of fused-ring (bicyclic) bond motifs is 1. The highest BCUT2D eigenvalue weighted by atomic mass is 16.5.